The van der Waals surface area contributed by atoms with E-state index in [4.69, 9.17) is 5.73 Å². The van der Waals surface area contributed by atoms with Crippen LogP contribution in [0.4, 0.5) is 5.82 Å². The summed E-state index contributed by atoms with van der Waals surface area (Å²) in [6.07, 6.45) is 0. The van der Waals surface area contributed by atoms with Crippen molar-refractivity contribution in [3.63, 3.8) is 0 Å². The number of hydrogen-bond acceptors (Lipinski definition) is 6. The van der Waals surface area contributed by atoms with Gasteiger partial charge in [-0.15, -0.1) is 0 Å². The lowest BCUT2D eigenvalue weighted by atomic mass is 10.4. The molecule has 0 aliphatic carbocycles. The number of hydrogen-bond donors (Lipinski definition) is 2. The summed E-state index contributed by atoms with van der Waals surface area (Å²) in [6.45, 7) is 0. The van der Waals surface area contributed by atoms with Gasteiger partial charge in [-0.25, -0.2) is 14.6 Å². The number of anilines is 1. The van der Waals surface area contributed by atoms with E-state index in [-0.39, 0.29) is 17.3 Å². The van der Waals surface area contributed by atoms with Gasteiger partial charge in [0.2, 0.25) is 5.82 Å². The molecule has 1 aromatic heterocycles. The van der Waals surface area contributed by atoms with E-state index in [0.29, 0.717) is 0 Å². The van der Waals surface area contributed by atoms with Crippen molar-refractivity contribution in [2.75, 3.05) is 20.0 Å². The molecule has 0 saturated heterocycles. The third kappa shape index (κ3) is 1.65. The number of H-pyrrole nitrogens is 1. The monoisotopic (exact) mass is 199 g/mol. The molecular weight excluding hydrogens is 190 g/mol. The smallest absolute Gasteiger partial charge is 0.374 e. The normalized spacial score (nSPS) is 9.57. The summed E-state index contributed by atoms with van der Waals surface area (Å²) in [5, 5.41) is 0. The number of aromatic nitrogens is 2. The van der Waals surface area contributed by atoms with Crippen LogP contribution >= 0.6 is 0 Å². The van der Waals surface area contributed by atoms with Crippen LogP contribution in [0.15, 0.2) is 0 Å². The lowest BCUT2D eigenvalue weighted by Gasteiger charge is -1.94. The van der Waals surface area contributed by atoms with Gasteiger partial charge in [0.1, 0.15) is 0 Å². The summed E-state index contributed by atoms with van der Waals surface area (Å²) in [5.41, 5.74) is 5.30. The summed E-state index contributed by atoms with van der Waals surface area (Å²) in [6, 6.07) is 0. The molecule has 3 N–H and O–H groups in total. The van der Waals surface area contributed by atoms with Crippen LogP contribution in [0, 0.1) is 0 Å². The van der Waals surface area contributed by atoms with Crippen molar-refractivity contribution < 1.29 is 19.1 Å². The molecule has 1 heterocycles. The Balaban J connectivity index is 3.05. The lowest BCUT2D eigenvalue weighted by molar-refractivity contribution is 0.0586. The van der Waals surface area contributed by atoms with Gasteiger partial charge in [-0.2, -0.15) is 0 Å². The Morgan fingerprint density at radius 3 is 2.36 bits per heavy atom. The Kier molecular flexibility index (Phi) is 2.70. The first-order valence-corrected chi connectivity index (χ1v) is 3.62. The number of carbonyl (C=O) groups excluding carboxylic acids is 2. The summed E-state index contributed by atoms with van der Waals surface area (Å²) >= 11 is 0. The van der Waals surface area contributed by atoms with E-state index < -0.39 is 11.9 Å². The second-order valence-electron chi connectivity index (χ2n) is 2.33. The molecule has 0 saturated carbocycles. The van der Waals surface area contributed by atoms with Crippen LogP contribution < -0.4 is 5.73 Å². The Morgan fingerprint density at radius 2 is 1.86 bits per heavy atom. The van der Waals surface area contributed by atoms with Crippen molar-refractivity contribution in [3.05, 3.63) is 11.5 Å². The number of methoxy groups -OCH3 is 2. The lowest BCUT2D eigenvalue weighted by Crippen LogP contribution is -2.06. The maximum atomic E-state index is 11.0. The van der Waals surface area contributed by atoms with Crippen LogP contribution in [-0.2, 0) is 9.47 Å². The third-order valence-corrected chi connectivity index (χ3v) is 1.50. The molecule has 0 spiro atoms. The van der Waals surface area contributed by atoms with E-state index in [0.717, 1.165) is 0 Å². The Labute approximate surface area is 79.2 Å². The summed E-state index contributed by atoms with van der Waals surface area (Å²) in [5.74, 6) is -1.63. The fraction of sp³-hybridized carbons (Fsp3) is 0.286. The molecule has 7 heteroatoms. The minimum Gasteiger partial charge on any atom is -0.464 e. The molecule has 1 rings (SSSR count). The van der Waals surface area contributed by atoms with Crippen molar-refractivity contribution in [2.45, 2.75) is 0 Å². The highest BCUT2D eigenvalue weighted by Gasteiger charge is 2.19. The van der Waals surface area contributed by atoms with Crippen LogP contribution in [0.5, 0.6) is 0 Å². The quantitative estimate of drug-likeness (QED) is 0.625. The van der Waals surface area contributed by atoms with E-state index in [1.165, 1.54) is 14.2 Å². The standard InChI is InChI=1S/C7H9N3O4/c1-13-6(11)3-4(8)10-5(9-3)7(12)14-2/h8H2,1-2H3,(H,9,10). The fourth-order valence-corrected chi connectivity index (χ4v) is 0.838. The number of nitrogens with zero attached hydrogens (tertiary/aromatic N) is 1. The highest BCUT2D eigenvalue weighted by atomic mass is 16.5. The highest BCUT2D eigenvalue weighted by Crippen LogP contribution is 2.09. The highest BCUT2D eigenvalue weighted by molar-refractivity contribution is 5.95. The average molecular weight is 199 g/mol. The van der Waals surface area contributed by atoms with E-state index >= 15 is 0 Å². The molecule has 0 fully saturated rings. The molecule has 1 aromatic rings. The number of nitrogens with one attached hydrogen (secondary N) is 1. The Bertz CT molecular complexity index is 371. The maximum Gasteiger partial charge on any atom is 0.374 e. The first-order valence-electron chi connectivity index (χ1n) is 3.62. The number of aromatic amines is 1. The number of esters is 2. The van der Waals surface area contributed by atoms with Gasteiger partial charge in [0.15, 0.2) is 11.5 Å². The Hall–Kier alpha value is -2.05. The van der Waals surface area contributed by atoms with Gasteiger partial charge < -0.3 is 20.2 Å². The van der Waals surface area contributed by atoms with Crippen LogP contribution in [-0.4, -0.2) is 36.1 Å². The molecule has 0 radical (unpaired) electrons. The molecule has 0 aliphatic heterocycles. The van der Waals surface area contributed by atoms with Gasteiger partial charge in [-0.05, 0) is 0 Å². The molecule has 0 amide bonds. The van der Waals surface area contributed by atoms with E-state index in [9.17, 15) is 9.59 Å². The van der Waals surface area contributed by atoms with Crippen molar-refractivity contribution >= 4 is 17.8 Å². The third-order valence-electron chi connectivity index (χ3n) is 1.50. The van der Waals surface area contributed by atoms with Crippen molar-refractivity contribution in [3.8, 4) is 0 Å². The van der Waals surface area contributed by atoms with Crippen molar-refractivity contribution in [2.24, 2.45) is 0 Å². The molecular formula is C7H9N3O4. The van der Waals surface area contributed by atoms with Gasteiger partial charge in [-0.3, -0.25) is 0 Å². The molecule has 0 unspecified atom stereocenters. The van der Waals surface area contributed by atoms with Gasteiger partial charge >= 0.3 is 11.9 Å². The number of nitrogens with two attached hydrogens (primary N) is 1. The summed E-state index contributed by atoms with van der Waals surface area (Å²) in [4.78, 5) is 28.0. The number of rotatable bonds is 2. The van der Waals surface area contributed by atoms with Crippen molar-refractivity contribution in [1.29, 1.82) is 0 Å². The molecule has 0 aromatic carbocycles. The van der Waals surface area contributed by atoms with E-state index in [1.807, 2.05) is 0 Å². The van der Waals surface area contributed by atoms with Gasteiger partial charge in [0.05, 0.1) is 14.2 Å². The molecule has 76 valence electrons. The number of imidazole rings is 1. The zero-order valence-electron chi connectivity index (χ0n) is 7.66. The Morgan fingerprint density at radius 1 is 1.29 bits per heavy atom. The number of carbonyl (C=O) groups is 2. The van der Waals surface area contributed by atoms with Crippen LogP contribution in [0.1, 0.15) is 21.1 Å². The zero-order valence-corrected chi connectivity index (χ0v) is 7.66. The molecule has 0 atom stereocenters. The summed E-state index contributed by atoms with van der Waals surface area (Å²) in [7, 11) is 2.39. The minimum atomic E-state index is -0.702. The summed E-state index contributed by atoms with van der Waals surface area (Å²) < 4.78 is 8.78. The van der Waals surface area contributed by atoms with Gasteiger partial charge in [-0.1, -0.05) is 0 Å². The van der Waals surface area contributed by atoms with Crippen molar-refractivity contribution in [1.82, 2.24) is 9.97 Å². The SMILES string of the molecule is COC(=O)c1nc(N)c(C(=O)OC)[nH]1. The second-order valence-corrected chi connectivity index (χ2v) is 2.33. The van der Waals surface area contributed by atoms with Gasteiger partial charge in [0.25, 0.3) is 0 Å². The molecule has 7 nitrogen and oxygen atoms in total. The topological polar surface area (TPSA) is 107 Å². The predicted molar refractivity (Wildman–Crippen MR) is 45.7 cm³/mol. The maximum absolute atomic E-state index is 11.0. The van der Waals surface area contributed by atoms with Gasteiger partial charge in [0, 0.05) is 0 Å². The first-order chi connectivity index (χ1) is 6.60. The predicted octanol–water partition coefficient (Wildman–Crippen LogP) is -0.435. The second kappa shape index (κ2) is 3.77. The first kappa shape index (κ1) is 10.0. The van der Waals surface area contributed by atoms with Crippen LogP contribution in [0.2, 0.25) is 0 Å². The number of nitrogen functional groups attached to an aromatic ring is 1. The largest absolute Gasteiger partial charge is 0.464 e. The molecule has 0 aliphatic rings. The molecule has 0 bridgehead atoms. The van der Waals surface area contributed by atoms with E-state index in [1.54, 1.807) is 0 Å². The number of ether oxygens (including phenoxy) is 2. The molecule has 14 heavy (non-hydrogen) atoms. The minimum absolute atomic E-state index is 0.0621. The fourth-order valence-electron chi connectivity index (χ4n) is 0.838. The van der Waals surface area contributed by atoms with Crippen LogP contribution in [0.3, 0.4) is 0 Å². The average Bonchev–Trinajstić information content (AvgIpc) is 2.58. The van der Waals surface area contributed by atoms with Crippen LogP contribution in [0.25, 0.3) is 0 Å². The van der Waals surface area contributed by atoms with E-state index in [2.05, 4.69) is 19.4 Å². The zero-order chi connectivity index (χ0) is 10.7.